The average molecular weight is 125 g/mol. The van der Waals surface area contributed by atoms with Crippen LogP contribution in [-0.4, -0.2) is 0 Å². The molecule has 1 aliphatic carbocycles. The summed E-state index contributed by atoms with van der Waals surface area (Å²) in [5, 5.41) is 0. The summed E-state index contributed by atoms with van der Waals surface area (Å²) < 4.78 is 0. The van der Waals surface area contributed by atoms with Crippen LogP contribution in [0.2, 0.25) is 0 Å². The van der Waals surface area contributed by atoms with Gasteiger partial charge in [0, 0.05) is 5.41 Å². The van der Waals surface area contributed by atoms with E-state index in [1.165, 1.54) is 19.3 Å². The molecule has 1 rings (SSSR count). The molecule has 0 aromatic heterocycles. The van der Waals surface area contributed by atoms with Crippen LogP contribution in [0.4, 0.5) is 0 Å². The lowest BCUT2D eigenvalue weighted by Crippen LogP contribution is -2.08. The molecule has 0 saturated heterocycles. The van der Waals surface area contributed by atoms with Crippen LogP contribution in [0.25, 0.3) is 0 Å². The summed E-state index contributed by atoms with van der Waals surface area (Å²) in [5.41, 5.74) is 0.745. The molecule has 1 aliphatic rings. The minimum Gasteiger partial charge on any atom is -0.0621 e. The fourth-order valence-corrected chi connectivity index (χ4v) is 1.58. The first-order chi connectivity index (χ1) is 4.21. The fourth-order valence-electron chi connectivity index (χ4n) is 1.58. The first kappa shape index (κ1) is 6.98. The molecule has 0 aromatic rings. The van der Waals surface area contributed by atoms with E-state index in [4.69, 9.17) is 0 Å². The van der Waals surface area contributed by atoms with Gasteiger partial charge >= 0.3 is 0 Å². The van der Waals surface area contributed by atoms with Gasteiger partial charge in [-0.25, -0.2) is 0 Å². The maximum atomic E-state index is 2.34. The molecule has 0 heteroatoms. The largest absolute Gasteiger partial charge is 0.0930 e. The maximum Gasteiger partial charge on any atom is 0.0930 e. The Hall–Kier alpha value is -0.130. The topological polar surface area (TPSA) is 0 Å². The molecule has 0 atom stereocenters. The molecule has 0 spiro atoms. The van der Waals surface area contributed by atoms with E-state index in [0.717, 1.165) is 11.3 Å². The van der Waals surface area contributed by atoms with Crippen LogP contribution in [0.1, 0.15) is 40.0 Å². The molecule has 0 aliphatic heterocycles. The van der Waals surface area contributed by atoms with Crippen LogP contribution in [0.5, 0.6) is 0 Å². The van der Waals surface area contributed by atoms with E-state index >= 15 is 0 Å². The standard InChI is InChI=1S/C9H17/c1-4-5-9(6-7-9)8(2)3/h4,8H,5-7H2,1-3H3/q+1. The lowest BCUT2D eigenvalue weighted by Gasteiger charge is -2.13. The smallest absolute Gasteiger partial charge is 0.0621 e. The van der Waals surface area contributed by atoms with E-state index in [1.54, 1.807) is 0 Å². The molecule has 1 fully saturated rings. The summed E-state index contributed by atoms with van der Waals surface area (Å²) in [4.78, 5) is 0. The molecule has 0 nitrogen and oxygen atoms in total. The highest BCUT2D eigenvalue weighted by Crippen LogP contribution is 2.54. The highest BCUT2D eigenvalue weighted by atomic mass is 14.5. The van der Waals surface area contributed by atoms with Crippen molar-refractivity contribution in [3.8, 4) is 0 Å². The predicted octanol–water partition coefficient (Wildman–Crippen LogP) is 3.04. The average Bonchev–Trinajstić information content (AvgIpc) is 2.49. The van der Waals surface area contributed by atoms with Gasteiger partial charge in [-0.15, -0.1) is 0 Å². The Kier molecular flexibility index (Phi) is 1.74. The van der Waals surface area contributed by atoms with Gasteiger partial charge in [-0.1, -0.05) is 13.8 Å². The van der Waals surface area contributed by atoms with Crippen LogP contribution < -0.4 is 0 Å². The van der Waals surface area contributed by atoms with E-state index in [-0.39, 0.29) is 0 Å². The van der Waals surface area contributed by atoms with E-state index in [9.17, 15) is 0 Å². The molecular weight excluding hydrogens is 108 g/mol. The summed E-state index contributed by atoms with van der Waals surface area (Å²) in [6.07, 6.45) is 6.58. The van der Waals surface area contributed by atoms with Crippen molar-refractivity contribution in [2.24, 2.45) is 11.3 Å². The maximum absolute atomic E-state index is 2.34. The molecule has 0 bridgehead atoms. The Balaban J connectivity index is 2.33. The Labute approximate surface area is 58.7 Å². The molecule has 0 aromatic carbocycles. The SMILES string of the molecule is C[CH+]CC1(C(C)C)CC1. The summed E-state index contributed by atoms with van der Waals surface area (Å²) >= 11 is 0. The summed E-state index contributed by atoms with van der Waals surface area (Å²) in [6, 6.07) is 0. The normalized spacial score (nSPS) is 22.2. The Morgan fingerprint density at radius 3 is 2.11 bits per heavy atom. The van der Waals surface area contributed by atoms with Crippen LogP contribution in [0, 0.1) is 17.8 Å². The van der Waals surface area contributed by atoms with Gasteiger partial charge < -0.3 is 0 Å². The molecule has 1 saturated carbocycles. The Morgan fingerprint density at radius 1 is 1.44 bits per heavy atom. The molecule has 0 unspecified atom stereocenters. The predicted molar refractivity (Wildman–Crippen MR) is 41.1 cm³/mol. The van der Waals surface area contributed by atoms with E-state index in [1.807, 2.05) is 0 Å². The molecule has 0 radical (unpaired) electrons. The lowest BCUT2D eigenvalue weighted by atomic mass is 9.88. The van der Waals surface area contributed by atoms with Gasteiger partial charge in [0.05, 0.1) is 19.8 Å². The lowest BCUT2D eigenvalue weighted by molar-refractivity contribution is 0.354. The summed E-state index contributed by atoms with van der Waals surface area (Å²) in [7, 11) is 0. The zero-order chi connectivity index (χ0) is 6.91. The van der Waals surface area contributed by atoms with Crippen LogP contribution >= 0.6 is 0 Å². The van der Waals surface area contributed by atoms with Crippen molar-refractivity contribution in [3.63, 3.8) is 0 Å². The second-order valence-electron chi connectivity index (χ2n) is 3.63. The molecule has 9 heavy (non-hydrogen) atoms. The van der Waals surface area contributed by atoms with Crippen LogP contribution in [0.15, 0.2) is 0 Å². The van der Waals surface area contributed by atoms with Crippen molar-refractivity contribution in [2.75, 3.05) is 0 Å². The quantitative estimate of drug-likeness (QED) is 0.508. The summed E-state index contributed by atoms with van der Waals surface area (Å²) in [5.74, 6) is 0.897. The van der Waals surface area contributed by atoms with Gasteiger partial charge in [0.25, 0.3) is 0 Å². The minimum atomic E-state index is 0.745. The third-order valence-corrected chi connectivity index (χ3v) is 2.73. The fraction of sp³-hybridized carbons (Fsp3) is 0.889. The minimum absolute atomic E-state index is 0.745. The first-order valence-corrected chi connectivity index (χ1v) is 3.99. The number of rotatable bonds is 3. The first-order valence-electron chi connectivity index (χ1n) is 3.99. The van der Waals surface area contributed by atoms with Gasteiger partial charge in [-0.05, 0) is 18.8 Å². The van der Waals surface area contributed by atoms with Crippen molar-refractivity contribution in [1.82, 2.24) is 0 Å². The monoisotopic (exact) mass is 125 g/mol. The van der Waals surface area contributed by atoms with E-state index in [2.05, 4.69) is 27.2 Å². The Bertz CT molecular complexity index is 88.2. The van der Waals surface area contributed by atoms with E-state index < -0.39 is 0 Å². The van der Waals surface area contributed by atoms with Crippen molar-refractivity contribution in [2.45, 2.75) is 40.0 Å². The number of hydrogen-bond donors (Lipinski definition) is 0. The van der Waals surface area contributed by atoms with Gasteiger partial charge in [0.15, 0.2) is 0 Å². The van der Waals surface area contributed by atoms with Gasteiger partial charge in [-0.2, -0.15) is 0 Å². The molecule has 52 valence electrons. The van der Waals surface area contributed by atoms with Gasteiger partial charge in [0.2, 0.25) is 0 Å². The highest BCUT2D eigenvalue weighted by Gasteiger charge is 2.47. The second-order valence-corrected chi connectivity index (χ2v) is 3.63. The van der Waals surface area contributed by atoms with Crippen molar-refractivity contribution in [1.29, 1.82) is 0 Å². The molecule has 0 heterocycles. The zero-order valence-electron chi connectivity index (χ0n) is 6.78. The Morgan fingerprint density at radius 2 is 2.00 bits per heavy atom. The van der Waals surface area contributed by atoms with Crippen LogP contribution in [-0.2, 0) is 0 Å². The van der Waals surface area contributed by atoms with Gasteiger partial charge in [0.1, 0.15) is 0 Å². The third kappa shape index (κ3) is 1.23. The zero-order valence-corrected chi connectivity index (χ0v) is 6.78. The van der Waals surface area contributed by atoms with Crippen molar-refractivity contribution >= 4 is 0 Å². The van der Waals surface area contributed by atoms with Crippen LogP contribution in [0.3, 0.4) is 0 Å². The molecule has 0 amide bonds. The number of hydrogen-bond acceptors (Lipinski definition) is 0. The second kappa shape index (κ2) is 2.24. The highest BCUT2D eigenvalue weighted by molar-refractivity contribution is 4.97. The third-order valence-electron chi connectivity index (χ3n) is 2.73. The van der Waals surface area contributed by atoms with E-state index in [0.29, 0.717) is 0 Å². The molecular formula is C9H17+. The molecule has 0 N–H and O–H groups in total. The summed E-state index contributed by atoms with van der Waals surface area (Å²) in [6.45, 7) is 6.86. The van der Waals surface area contributed by atoms with Crippen molar-refractivity contribution in [3.05, 3.63) is 6.42 Å². The van der Waals surface area contributed by atoms with Crippen molar-refractivity contribution < 1.29 is 0 Å². The van der Waals surface area contributed by atoms with Gasteiger partial charge in [-0.3, -0.25) is 0 Å².